The molecule has 0 amide bonds. The number of ether oxygens (including phenoxy) is 1. The third-order valence-electron chi connectivity index (χ3n) is 3.16. The maximum Gasteiger partial charge on any atom is 0.435 e. The van der Waals surface area contributed by atoms with Crippen LogP contribution in [0.3, 0.4) is 0 Å². The third kappa shape index (κ3) is 5.68. The van der Waals surface area contributed by atoms with Gasteiger partial charge in [0.1, 0.15) is 5.60 Å². The SMILES string of the molecule is Cc1ccc(S(=O)(=O)OCCc2cnn(C(=O)OC(C)(C)C)c2)cc1. The number of hydrogen-bond acceptors (Lipinski definition) is 6. The van der Waals surface area contributed by atoms with E-state index in [1.165, 1.54) is 24.5 Å². The second-order valence-electron chi connectivity index (χ2n) is 6.61. The molecule has 0 fully saturated rings. The highest BCUT2D eigenvalue weighted by Gasteiger charge is 2.19. The number of hydrogen-bond donors (Lipinski definition) is 0. The van der Waals surface area contributed by atoms with Crippen molar-refractivity contribution in [2.75, 3.05) is 6.61 Å². The van der Waals surface area contributed by atoms with Crippen molar-refractivity contribution in [3.05, 3.63) is 47.8 Å². The van der Waals surface area contributed by atoms with Crippen molar-refractivity contribution in [2.24, 2.45) is 0 Å². The zero-order valence-electron chi connectivity index (χ0n) is 14.7. The van der Waals surface area contributed by atoms with Gasteiger partial charge < -0.3 is 4.74 Å². The van der Waals surface area contributed by atoms with E-state index < -0.39 is 21.8 Å². The van der Waals surface area contributed by atoms with Gasteiger partial charge in [0.25, 0.3) is 10.1 Å². The van der Waals surface area contributed by atoms with Crippen molar-refractivity contribution >= 4 is 16.2 Å². The summed E-state index contributed by atoms with van der Waals surface area (Å²) in [6.45, 7) is 7.12. The van der Waals surface area contributed by atoms with Gasteiger partial charge in [0.2, 0.25) is 0 Å². The van der Waals surface area contributed by atoms with Crippen molar-refractivity contribution in [2.45, 2.75) is 44.6 Å². The molecule has 0 aliphatic heterocycles. The Kier molecular flexibility index (Phi) is 5.64. The minimum Gasteiger partial charge on any atom is -0.442 e. The molecule has 0 spiro atoms. The summed E-state index contributed by atoms with van der Waals surface area (Å²) in [5, 5.41) is 3.92. The molecule has 0 atom stereocenters. The Hall–Kier alpha value is -2.19. The van der Waals surface area contributed by atoms with Crippen LogP contribution < -0.4 is 0 Å². The van der Waals surface area contributed by atoms with Gasteiger partial charge in [0, 0.05) is 12.6 Å². The van der Waals surface area contributed by atoms with Gasteiger partial charge in [-0.25, -0.2) is 4.79 Å². The maximum absolute atomic E-state index is 12.1. The van der Waals surface area contributed by atoms with Crippen LogP contribution >= 0.6 is 0 Å². The number of nitrogens with zero attached hydrogens (tertiary/aromatic N) is 2. The zero-order chi connectivity index (χ0) is 18.7. The maximum atomic E-state index is 12.1. The van der Waals surface area contributed by atoms with Gasteiger partial charge in [-0.3, -0.25) is 4.18 Å². The van der Waals surface area contributed by atoms with Crippen LogP contribution in [0.1, 0.15) is 31.9 Å². The molecule has 8 heteroatoms. The number of benzene rings is 1. The summed E-state index contributed by atoms with van der Waals surface area (Å²) in [4.78, 5) is 12.0. The van der Waals surface area contributed by atoms with Crippen molar-refractivity contribution in [3.8, 4) is 0 Å². The summed E-state index contributed by atoms with van der Waals surface area (Å²) in [6, 6.07) is 6.43. The summed E-state index contributed by atoms with van der Waals surface area (Å²) in [5.74, 6) is 0. The van der Waals surface area contributed by atoms with Crippen LogP contribution in [-0.2, 0) is 25.5 Å². The molecule has 0 saturated carbocycles. The monoisotopic (exact) mass is 366 g/mol. The Morgan fingerprint density at radius 3 is 2.44 bits per heavy atom. The molecule has 0 aliphatic rings. The van der Waals surface area contributed by atoms with E-state index in [2.05, 4.69) is 5.10 Å². The molecule has 0 bridgehead atoms. The molecule has 1 aromatic carbocycles. The fourth-order valence-corrected chi connectivity index (χ4v) is 2.85. The number of carbonyl (C=O) groups excluding carboxylic acids is 1. The van der Waals surface area contributed by atoms with Crippen LogP contribution in [0.25, 0.3) is 0 Å². The summed E-state index contributed by atoms with van der Waals surface area (Å²) in [5.41, 5.74) is 1.02. The first-order valence-corrected chi connectivity index (χ1v) is 9.21. The number of carbonyl (C=O) groups is 1. The van der Waals surface area contributed by atoms with E-state index >= 15 is 0 Å². The van der Waals surface area contributed by atoms with Crippen LogP contribution in [-0.4, -0.2) is 36.5 Å². The fraction of sp³-hybridized carbons (Fsp3) is 0.412. The molecule has 0 unspecified atom stereocenters. The summed E-state index contributed by atoms with van der Waals surface area (Å²) < 4.78 is 35.5. The quantitative estimate of drug-likeness (QED) is 0.756. The average molecular weight is 366 g/mol. The number of aryl methyl sites for hydroxylation is 1. The lowest BCUT2D eigenvalue weighted by Crippen LogP contribution is -2.27. The predicted octanol–water partition coefficient (Wildman–Crippen LogP) is 2.92. The predicted molar refractivity (Wildman–Crippen MR) is 91.9 cm³/mol. The van der Waals surface area contributed by atoms with Crippen LogP contribution in [0, 0.1) is 6.92 Å². The molecule has 1 heterocycles. The summed E-state index contributed by atoms with van der Waals surface area (Å²) >= 11 is 0. The molecule has 2 rings (SSSR count). The molecule has 2 aromatic rings. The van der Waals surface area contributed by atoms with E-state index in [0.717, 1.165) is 10.2 Å². The Morgan fingerprint density at radius 1 is 1.20 bits per heavy atom. The third-order valence-corrected chi connectivity index (χ3v) is 4.48. The highest BCUT2D eigenvalue weighted by Crippen LogP contribution is 2.14. The molecule has 25 heavy (non-hydrogen) atoms. The van der Waals surface area contributed by atoms with E-state index in [-0.39, 0.29) is 11.5 Å². The second kappa shape index (κ2) is 7.37. The van der Waals surface area contributed by atoms with Gasteiger partial charge >= 0.3 is 6.09 Å². The topological polar surface area (TPSA) is 87.5 Å². The number of aromatic nitrogens is 2. The van der Waals surface area contributed by atoms with E-state index in [1.54, 1.807) is 32.9 Å². The molecule has 0 aliphatic carbocycles. The first-order valence-electron chi connectivity index (χ1n) is 7.80. The van der Waals surface area contributed by atoms with Gasteiger partial charge in [0.15, 0.2) is 0 Å². The molecule has 7 nitrogen and oxygen atoms in total. The first-order chi connectivity index (χ1) is 11.6. The van der Waals surface area contributed by atoms with Crippen molar-refractivity contribution in [1.29, 1.82) is 0 Å². The standard InChI is InChI=1S/C17H22N2O5S/c1-13-5-7-15(8-6-13)25(21,22)23-10-9-14-11-18-19(12-14)16(20)24-17(2,3)4/h5-8,11-12H,9-10H2,1-4H3. The lowest BCUT2D eigenvalue weighted by molar-refractivity contribution is 0.0514. The Morgan fingerprint density at radius 2 is 1.84 bits per heavy atom. The molecule has 1 aromatic heterocycles. The van der Waals surface area contributed by atoms with Crippen molar-refractivity contribution in [3.63, 3.8) is 0 Å². The van der Waals surface area contributed by atoms with Gasteiger partial charge in [-0.2, -0.15) is 18.2 Å². The van der Waals surface area contributed by atoms with Gasteiger partial charge in [-0.1, -0.05) is 17.7 Å². The normalized spacial score (nSPS) is 12.2. The Balaban J connectivity index is 1.92. The van der Waals surface area contributed by atoms with Crippen molar-refractivity contribution < 1.29 is 22.1 Å². The largest absolute Gasteiger partial charge is 0.442 e. The van der Waals surface area contributed by atoms with Crippen LogP contribution in [0.15, 0.2) is 41.6 Å². The molecular formula is C17H22N2O5S. The summed E-state index contributed by atoms with van der Waals surface area (Å²) in [7, 11) is -3.80. The highest BCUT2D eigenvalue weighted by molar-refractivity contribution is 7.86. The highest BCUT2D eigenvalue weighted by atomic mass is 32.2. The van der Waals surface area contributed by atoms with Crippen LogP contribution in [0.5, 0.6) is 0 Å². The molecule has 0 N–H and O–H groups in total. The molecule has 136 valence electrons. The van der Waals surface area contributed by atoms with Crippen LogP contribution in [0.4, 0.5) is 4.79 Å². The smallest absolute Gasteiger partial charge is 0.435 e. The van der Waals surface area contributed by atoms with Gasteiger partial charge in [-0.15, -0.1) is 0 Å². The van der Waals surface area contributed by atoms with E-state index in [0.29, 0.717) is 12.0 Å². The first kappa shape index (κ1) is 19.1. The van der Waals surface area contributed by atoms with Gasteiger partial charge in [0.05, 0.1) is 17.7 Å². The molecular weight excluding hydrogens is 344 g/mol. The Bertz CT molecular complexity index is 833. The van der Waals surface area contributed by atoms with Gasteiger partial charge in [-0.05, 0) is 45.4 Å². The van der Waals surface area contributed by atoms with Crippen molar-refractivity contribution in [1.82, 2.24) is 9.78 Å². The zero-order valence-corrected chi connectivity index (χ0v) is 15.5. The molecule has 0 saturated heterocycles. The fourth-order valence-electron chi connectivity index (χ4n) is 1.94. The van der Waals surface area contributed by atoms with E-state index in [4.69, 9.17) is 8.92 Å². The van der Waals surface area contributed by atoms with E-state index in [9.17, 15) is 13.2 Å². The Labute approximate surface area is 147 Å². The number of rotatable bonds is 5. The lowest BCUT2D eigenvalue weighted by atomic mass is 10.2. The lowest BCUT2D eigenvalue weighted by Gasteiger charge is -2.18. The average Bonchev–Trinajstić information content (AvgIpc) is 2.95. The minimum absolute atomic E-state index is 0.0454. The van der Waals surface area contributed by atoms with E-state index in [1.807, 2.05) is 6.92 Å². The summed E-state index contributed by atoms with van der Waals surface area (Å²) in [6.07, 6.45) is 2.68. The minimum atomic E-state index is -3.80. The van der Waals surface area contributed by atoms with Crippen LogP contribution in [0.2, 0.25) is 0 Å². The second-order valence-corrected chi connectivity index (χ2v) is 8.23. The molecule has 0 radical (unpaired) electrons.